The summed E-state index contributed by atoms with van der Waals surface area (Å²) in [5.41, 5.74) is 2.05. The molecule has 0 spiro atoms. The monoisotopic (exact) mass is 322 g/mol. The second-order valence-corrected chi connectivity index (χ2v) is 6.79. The van der Waals surface area contributed by atoms with Crippen molar-refractivity contribution in [3.8, 4) is 6.07 Å². The molecule has 4 heteroatoms. The molecule has 23 heavy (non-hydrogen) atoms. The topological polar surface area (TPSA) is 52.9 Å². The first-order valence-electron chi connectivity index (χ1n) is 7.68. The maximum Gasteiger partial charge on any atom is 0.252 e. The predicted octanol–water partition coefficient (Wildman–Crippen LogP) is 3.76. The van der Waals surface area contributed by atoms with Gasteiger partial charge in [-0.2, -0.15) is 5.26 Å². The number of nitrogens with zero attached hydrogens (tertiary/aromatic N) is 1. The van der Waals surface area contributed by atoms with Gasteiger partial charge in [0.1, 0.15) is 0 Å². The number of hydrogen-bond donors (Lipinski definition) is 1. The van der Waals surface area contributed by atoms with E-state index in [1.807, 2.05) is 42.5 Å². The standard InChI is InChI=1S/C19H18N2OS/c20-12-13-23-17-9-5-4-8-16(17)18(22)21-14-19(10-11-19)15-6-2-1-3-7-15/h1-9H,10-11,13-14H2,(H,21,22). The molecule has 3 rings (SSSR count). The fourth-order valence-corrected chi connectivity index (χ4v) is 3.46. The summed E-state index contributed by atoms with van der Waals surface area (Å²) < 4.78 is 0. The van der Waals surface area contributed by atoms with Gasteiger partial charge in [-0.3, -0.25) is 4.79 Å². The van der Waals surface area contributed by atoms with E-state index in [0.717, 1.165) is 17.7 Å². The van der Waals surface area contributed by atoms with Gasteiger partial charge in [0.05, 0.1) is 17.4 Å². The van der Waals surface area contributed by atoms with Gasteiger partial charge < -0.3 is 5.32 Å². The van der Waals surface area contributed by atoms with Crippen molar-refractivity contribution in [2.45, 2.75) is 23.2 Å². The third-order valence-corrected chi connectivity index (χ3v) is 5.19. The summed E-state index contributed by atoms with van der Waals surface area (Å²) in [6.07, 6.45) is 2.23. The zero-order chi connectivity index (χ0) is 16.1. The summed E-state index contributed by atoms with van der Waals surface area (Å²) in [6.45, 7) is 0.660. The minimum Gasteiger partial charge on any atom is -0.351 e. The summed E-state index contributed by atoms with van der Waals surface area (Å²) >= 11 is 1.40. The summed E-state index contributed by atoms with van der Waals surface area (Å²) in [4.78, 5) is 13.4. The van der Waals surface area contributed by atoms with E-state index in [9.17, 15) is 4.79 Å². The first kappa shape index (κ1) is 15.6. The lowest BCUT2D eigenvalue weighted by molar-refractivity contribution is 0.0947. The predicted molar refractivity (Wildman–Crippen MR) is 92.5 cm³/mol. The minimum absolute atomic E-state index is 0.0618. The van der Waals surface area contributed by atoms with Crippen molar-refractivity contribution < 1.29 is 4.79 Å². The van der Waals surface area contributed by atoms with Crippen molar-refractivity contribution in [1.29, 1.82) is 5.26 Å². The van der Waals surface area contributed by atoms with Crippen LogP contribution in [0.1, 0.15) is 28.8 Å². The molecule has 0 heterocycles. The number of carbonyl (C=O) groups excluding carboxylic acids is 1. The highest BCUT2D eigenvalue weighted by atomic mass is 32.2. The fraction of sp³-hybridized carbons (Fsp3) is 0.263. The zero-order valence-corrected chi connectivity index (χ0v) is 13.6. The van der Waals surface area contributed by atoms with E-state index in [-0.39, 0.29) is 11.3 Å². The molecule has 0 aromatic heterocycles. The van der Waals surface area contributed by atoms with Crippen LogP contribution in [0.25, 0.3) is 0 Å². The Morgan fingerprint density at radius 2 is 1.83 bits per heavy atom. The van der Waals surface area contributed by atoms with Crippen LogP contribution >= 0.6 is 11.8 Å². The second kappa shape index (κ2) is 6.89. The molecule has 0 aliphatic heterocycles. The van der Waals surface area contributed by atoms with Crippen LogP contribution in [0.3, 0.4) is 0 Å². The molecular formula is C19H18N2OS. The highest BCUT2D eigenvalue weighted by molar-refractivity contribution is 7.99. The maximum atomic E-state index is 12.5. The molecule has 0 unspecified atom stereocenters. The highest BCUT2D eigenvalue weighted by Gasteiger charge is 2.44. The summed E-state index contributed by atoms with van der Waals surface area (Å²) in [5.74, 6) is 0.284. The first-order valence-corrected chi connectivity index (χ1v) is 8.66. The van der Waals surface area contributed by atoms with Gasteiger partial charge in [0.2, 0.25) is 0 Å². The van der Waals surface area contributed by atoms with Gasteiger partial charge in [-0.25, -0.2) is 0 Å². The Balaban J connectivity index is 1.68. The number of nitrogens with one attached hydrogen (secondary N) is 1. The Labute approximate surface area is 140 Å². The number of rotatable bonds is 6. The van der Waals surface area contributed by atoms with Crippen molar-refractivity contribution in [2.75, 3.05) is 12.3 Å². The van der Waals surface area contributed by atoms with Crippen molar-refractivity contribution >= 4 is 17.7 Å². The molecule has 1 aliphatic carbocycles. The first-order chi connectivity index (χ1) is 11.2. The van der Waals surface area contributed by atoms with E-state index in [2.05, 4.69) is 23.5 Å². The Hall–Kier alpha value is -2.25. The van der Waals surface area contributed by atoms with E-state index in [4.69, 9.17) is 5.26 Å². The van der Waals surface area contributed by atoms with Gasteiger partial charge in [0, 0.05) is 16.9 Å². The molecule has 0 bridgehead atoms. The molecule has 0 atom stereocenters. The molecule has 116 valence electrons. The van der Waals surface area contributed by atoms with E-state index < -0.39 is 0 Å². The smallest absolute Gasteiger partial charge is 0.252 e. The third-order valence-electron chi connectivity index (χ3n) is 4.25. The quantitative estimate of drug-likeness (QED) is 0.824. The van der Waals surface area contributed by atoms with Crippen LogP contribution in [0.2, 0.25) is 0 Å². The number of amides is 1. The van der Waals surface area contributed by atoms with E-state index in [0.29, 0.717) is 17.9 Å². The van der Waals surface area contributed by atoms with Gasteiger partial charge in [0.15, 0.2) is 0 Å². The minimum atomic E-state index is -0.0618. The molecule has 1 amide bonds. The van der Waals surface area contributed by atoms with Crippen molar-refractivity contribution in [3.05, 3.63) is 65.7 Å². The van der Waals surface area contributed by atoms with Crippen molar-refractivity contribution in [1.82, 2.24) is 5.32 Å². The van der Waals surface area contributed by atoms with Crippen LogP contribution in [-0.4, -0.2) is 18.2 Å². The van der Waals surface area contributed by atoms with Crippen molar-refractivity contribution in [3.63, 3.8) is 0 Å². The zero-order valence-electron chi connectivity index (χ0n) is 12.8. The van der Waals surface area contributed by atoms with Crippen LogP contribution < -0.4 is 5.32 Å². The van der Waals surface area contributed by atoms with Gasteiger partial charge in [-0.15, -0.1) is 11.8 Å². The van der Waals surface area contributed by atoms with Crippen LogP contribution in [0.5, 0.6) is 0 Å². The molecular weight excluding hydrogens is 304 g/mol. The van der Waals surface area contributed by atoms with Crippen LogP contribution in [0.4, 0.5) is 0 Å². The molecule has 1 N–H and O–H groups in total. The largest absolute Gasteiger partial charge is 0.351 e. The lowest BCUT2D eigenvalue weighted by Crippen LogP contribution is -2.32. The molecule has 1 saturated carbocycles. The second-order valence-electron chi connectivity index (χ2n) is 5.77. The number of thioether (sulfide) groups is 1. The normalized spacial score (nSPS) is 14.7. The third kappa shape index (κ3) is 3.57. The average Bonchev–Trinajstić information content (AvgIpc) is 3.40. The highest BCUT2D eigenvalue weighted by Crippen LogP contribution is 2.47. The van der Waals surface area contributed by atoms with Crippen LogP contribution in [-0.2, 0) is 5.41 Å². The molecule has 1 aliphatic rings. The van der Waals surface area contributed by atoms with Gasteiger partial charge in [0.25, 0.3) is 5.91 Å². The molecule has 2 aromatic carbocycles. The lowest BCUT2D eigenvalue weighted by atomic mass is 9.96. The molecule has 3 nitrogen and oxygen atoms in total. The average molecular weight is 322 g/mol. The number of benzene rings is 2. The lowest BCUT2D eigenvalue weighted by Gasteiger charge is -2.17. The Morgan fingerprint density at radius 1 is 1.13 bits per heavy atom. The number of carbonyl (C=O) groups is 1. The van der Waals surface area contributed by atoms with Crippen LogP contribution in [0, 0.1) is 11.3 Å². The SMILES string of the molecule is N#CCSc1ccccc1C(=O)NCC1(c2ccccc2)CC1. The van der Waals surface area contributed by atoms with Gasteiger partial charge in [-0.05, 0) is 30.5 Å². The molecule has 1 fully saturated rings. The molecule has 2 aromatic rings. The fourth-order valence-electron chi connectivity index (χ4n) is 2.74. The maximum absolute atomic E-state index is 12.5. The Kier molecular flexibility index (Phi) is 4.68. The van der Waals surface area contributed by atoms with Crippen LogP contribution in [0.15, 0.2) is 59.5 Å². The Bertz CT molecular complexity index is 733. The summed E-state index contributed by atoms with van der Waals surface area (Å²) in [7, 11) is 0. The van der Waals surface area contributed by atoms with Gasteiger partial charge in [-0.1, -0.05) is 42.5 Å². The van der Waals surface area contributed by atoms with E-state index >= 15 is 0 Å². The number of nitriles is 1. The molecule has 0 radical (unpaired) electrons. The number of hydrogen-bond acceptors (Lipinski definition) is 3. The van der Waals surface area contributed by atoms with Gasteiger partial charge >= 0.3 is 0 Å². The molecule has 0 saturated heterocycles. The van der Waals surface area contributed by atoms with Crippen molar-refractivity contribution in [2.24, 2.45) is 0 Å². The van der Waals surface area contributed by atoms with E-state index in [1.165, 1.54) is 17.3 Å². The Morgan fingerprint density at radius 3 is 2.52 bits per heavy atom. The summed E-state index contributed by atoms with van der Waals surface area (Å²) in [6, 6.07) is 19.9. The summed E-state index contributed by atoms with van der Waals surface area (Å²) in [5, 5.41) is 11.8. The van der Waals surface area contributed by atoms with E-state index in [1.54, 1.807) is 0 Å².